The molecule has 0 rings (SSSR count). The molecular formula is C17H30O2. The Morgan fingerprint density at radius 3 is 2.58 bits per heavy atom. The first-order valence-electron chi connectivity index (χ1n) is 7.65. The van der Waals surface area contributed by atoms with E-state index in [1.54, 1.807) is 0 Å². The summed E-state index contributed by atoms with van der Waals surface area (Å²) in [6.45, 7) is 7.61. The second-order valence-electron chi connectivity index (χ2n) is 4.52. The molecular weight excluding hydrogens is 236 g/mol. The van der Waals surface area contributed by atoms with Gasteiger partial charge in [0.2, 0.25) is 0 Å². The lowest BCUT2D eigenvalue weighted by Gasteiger charge is -2.12. The molecule has 1 atom stereocenters. The van der Waals surface area contributed by atoms with Crippen LogP contribution in [0, 0.1) is 11.8 Å². The van der Waals surface area contributed by atoms with Crippen LogP contribution in [0.5, 0.6) is 0 Å². The second kappa shape index (κ2) is 15.3. The lowest BCUT2D eigenvalue weighted by atomic mass is 10.2. The predicted molar refractivity (Wildman–Crippen MR) is 81.9 cm³/mol. The fraction of sp³-hybridized carbons (Fsp3) is 0.765. The molecule has 2 heteroatoms. The molecule has 0 N–H and O–H groups in total. The predicted octanol–water partition coefficient (Wildman–Crippen LogP) is 4.70. The third kappa shape index (κ3) is 15.2. The smallest absolute Gasteiger partial charge is 0.154 e. The Kier molecular flexibility index (Phi) is 14.7. The van der Waals surface area contributed by atoms with Gasteiger partial charge in [0.05, 0.1) is 0 Å². The van der Waals surface area contributed by atoms with E-state index >= 15 is 0 Å². The van der Waals surface area contributed by atoms with Crippen molar-refractivity contribution in [2.45, 2.75) is 72.0 Å². The highest BCUT2D eigenvalue weighted by molar-refractivity contribution is 5.04. The molecule has 0 amide bonds. The zero-order valence-electron chi connectivity index (χ0n) is 12.9. The van der Waals surface area contributed by atoms with E-state index in [4.69, 9.17) is 9.47 Å². The topological polar surface area (TPSA) is 18.5 Å². The van der Waals surface area contributed by atoms with Crippen LogP contribution < -0.4 is 0 Å². The second-order valence-corrected chi connectivity index (χ2v) is 4.52. The maximum absolute atomic E-state index is 5.50. The SMILES string of the molecule is CCC/C=C/CC#CCCCCCOC(C)OCC. The molecule has 2 nitrogen and oxygen atoms in total. The first-order chi connectivity index (χ1) is 9.31. The van der Waals surface area contributed by atoms with E-state index in [0.29, 0.717) is 6.61 Å². The first kappa shape index (κ1) is 18.2. The summed E-state index contributed by atoms with van der Waals surface area (Å²) in [4.78, 5) is 0. The average Bonchev–Trinajstić information content (AvgIpc) is 2.40. The van der Waals surface area contributed by atoms with E-state index < -0.39 is 0 Å². The Morgan fingerprint density at radius 1 is 1.00 bits per heavy atom. The molecule has 0 heterocycles. The van der Waals surface area contributed by atoms with Crippen LogP contribution in [-0.2, 0) is 9.47 Å². The van der Waals surface area contributed by atoms with Crippen LogP contribution in [0.3, 0.4) is 0 Å². The third-order valence-electron chi connectivity index (χ3n) is 2.67. The fourth-order valence-electron chi connectivity index (χ4n) is 1.61. The number of rotatable bonds is 11. The lowest BCUT2D eigenvalue weighted by Crippen LogP contribution is -2.13. The van der Waals surface area contributed by atoms with Crippen molar-refractivity contribution in [3.8, 4) is 11.8 Å². The highest BCUT2D eigenvalue weighted by Gasteiger charge is 1.98. The van der Waals surface area contributed by atoms with Crippen LogP contribution >= 0.6 is 0 Å². The maximum atomic E-state index is 5.50. The summed E-state index contributed by atoms with van der Waals surface area (Å²) in [5.74, 6) is 6.40. The van der Waals surface area contributed by atoms with Gasteiger partial charge in [-0.25, -0.2) is 0 Å². The maximum Gasteiger partial charge on any atom is 0.154 e. The molecule has 1 unspecified atom stereocenters. The summed E-state index contributed by atoms with van der Waals surface area (Å²) in [7, 11) is 0. The molecule has 19 heavy (non-hydrogen) atoms. The van der Waals surface area contributed by atoms with Gasteiger partial charge < -0.3 is 9.47 Å². The van der Waals surface area contributed by atoms with Gasteiger partial charge in [-0.05, 0) is 33.1 Å². The zero-order valence-corrected chi connectivity index (χ0v) is 12.9. The molecule has 0 aliphatic rings. The van der Waals surface area contributed by atoms with E-state index in [9.17, 15) is 0 Å². The van der Waals surface area contributed by atoms with Crippen molar-refractivity contribution in [3.05, 3.63) is 12.2 Å². The van der Waals surface area contributed by atoms with Gasteiger partial charge in [-0.15, -0.1) is 5.92 Å². The quantitative estimate of drug-likeness (QED) is 0.234. The Hall–Kier alpha value is -0.780. The molecule has 110 valence electrons. The summed E-state index contributed by atoms with van der Waals surface area (Å²) >= 11 is 0. The number of allylic oxidation sites excluding steroid dienone is 2. The molecule has 0 aliphatic carbocycles. The van der Waals surface area contributed by atoms with Gasteiger partial charge in [0.15, 0.2) is 6.29 Å². The molecule has 0 saturated carbocycles. The Labute approximate surface area is 119 Å². The molecule has 0 aromatic rings. The van der Waals surface area contributed by atoms with Gasteiger partial charge in [0.1, 0.15) is 0 Å². The van der Waals surface area contributed by atoms with Crippen LogP contribution in [0.25, 0.3) is 0 Å². The van der Waals surface area contributed by atoms with E-state index in [-0.39, 0.29) is 6.29 Å². The van der Waals surface area contributed by atoms with Gasteiger partial charge in [0, 0.05) is 26.1 Å². The van der Waals surface area contributed by atoms with Gasteiger partial charge >= 0.3 is 0 Å². The summed E-state index contributed by atoms with van der Waals surface area (Å²) in [6, 6.07) is 0. The molecule has 0 bridgehead atoms. The van der Waals surface area contributed by atoms with Crippen molar-refractivity contribution in [1.29, 1.82) is 0 Å². The monoisotopic (exact) mass is 266 g/mol. The van der Waals surface area contributed by atoms with Crippen LogP contribution in [0.1, 0.15) is 65.7 Å². The highest BCUT2D eigenvalue weighted by atomic mass is 16.7. The van der Waals surface area contributed by atoms with Gasteiger partial charge in [-0.3, -0.25) is 0 Å². The van der Waals surface area contributed by atoms with Crippen LogP contribution in [0.4, 0.5) is 0 Å². The van der Waals surface area contributed by atoms with Crippen molar-refractivity contribution in [2.75, 3.05) is 13.2 Å². The van der Waals surface area contributed by atoms with Crippen LogP contribution in [-0.4, -0.2) is 19.5 Å². The van der Waals surface area contributed by atoms with Crippen molar-refractivity contribution < 1.29 is 9.47 Å². The molecule has 0 aromatic carbocycles. The fourth-order valence-corrected chi connectivity index (χ4v) is 1.61. The van der Waals surface area contributed by atoms with E-state index in [1.807, 2.05) is 13.8 Å². The molecule has 0 aromatic heterocycles. The number of unbranched alkanes of at least 4 members (excludes halogenated alkanes) is 4. The van der Waals surface area contributed by atoms with Crippen molar-refractivity contribution >= 4 is 0 Å². The third-order valence-corrected chi connectivity index (χ3v) is 2.67. The summed E-state index contributed by atoms with van der Waals surface area (Å²) < 4.78 is 10.8. The van der Waals surface area contributed by atoms with Crippen molar-refractivity contribution in [3.63, 3.8) is 0 Å². The molecule has 0 saturated heterocycles. The molecule has 0 spiro atoms. The Balaban J connectivity index is 3.24. The minimum atomic E-state index is -0.0697. The molecule has 0 radical (unpaired) electrons. The van der Waals surface area contributed by atoms with Gasteiger partial charge in [-0.1, -0.05) is 37.8 Å². The number of hydrogen-bond acceptors (Lipinski definition) is 2. The van der Waals surface area contributed by atoms with Gasteiger partial charge in [0.25, 0.3) is 0 Å². The van der Waals surface area contributed by atoms with E-state index in [1.165, 1.54) is 19.3 Å². The lowest BCUT2D eigenvalue weighted by molar-refractivity contribution is -0.127. The average molecular weight is 266 g/mol. The van der Waals surface area contributed by atoms with Crippen LogP contribution in [0.15, 0.2) is 12.2 Å². The first-order valence-corrected chi connectivity index (χ1v) is 7.65. The summed E-state index contributed by atoms with van der Waals surface area (Å²) in [6.07, 6.45) is 12.0. The molecule has 0 aliphatic heterocycles. The van der Waals surface area contributed by atoms with E-state index in [2.05, 4.69) is 30.9 Å². The largest absolute Gasteiger partial charge is 0.353 e. The number of hydrogen-bond donors (Lipinski definition) is 0. The summed E-state index contributed by atoms with van der Waals surface area (Å²) in [5, 5.41) is 0. The van der Waals surface area contributed by atoms with Crippen molar-refractivity contribution in [1.82, 2.24) is 0 Å². The van der Waals surface area contributed by atoms with Crippen molar-refractivity contribution in [2.24, 2.45) is 0 Å². The zero-order chi connectivity index (χ0) is 14.2. The Morgan fingerprint density at radius 2 is 1.84 bits per heavy atom. The highest BCUT2D eigenvalue weighted by Crippen LogP contribution is 2.01. The molecule has 0 fully saturated rings. The standard InChI is InChI=1S/C17H30O2/c1-4-6-7-8-9-10-11-12-13-14-15-16-19-17(3)18-5-2/h7-8,17H,4-6,9,12-16H2,1-3H3/b8-7+. The summed E-state index contributed by atoms with van der Waals surface area (Å²) in [5.41, 5.74) is 0. The minimum Gasteiger partial charge on any atom is -0.353 e. The van der Waals surface area contributed by atoms with Crippen LogP contribution in [0.2, 0.25) is 0 Å². The number of ether oxygens (including phenoxy) is 2. The van der Waals surface area contributed by atoms with Gasteiger partial charge in [-0.2, -0.15) is 0 Å². The van der Waals surface area contributed by atoms with E-state index in [0.717, 1.165) is 32.3 Å². The normalized spacial score (nSPS) is 12.4. The minimum absolute atomic E-state index is 0.0697. The Bertz CT molecular complexity index is 260.